The molecule has 0 atom stereocenters. The van der Waals surface area contributed by atoms with Crippen molar-refractivity contribution in [2.24, 2.45) is 5.92 Å². The summed E-state index contributed by atoms with van der Waals surface area (Å²) in [6.45, 7) is 1.29. The van der Waals surface area contributed by atoms with Gasteiger partial charge in [-0.25, -0.2) is 4.98 Å². The zero-order valence-corrected chi connectivity index (χ0v) is 14.3. The van der Waals surface area contributed by atoms with E-state index in [9.17, 15) is 4.79 Å². The van der Waals surface area contributed by atoms with E-state index in [1.54, 1.807) is 18.5 Å². The zero-order chi connectivity index (χ0) is 17.8. The van der Waals surface area contributed by atoms with Gasteiger partial charge in [0, 0.05) is 30.7 Å². The van der Waals surface area contributed by atoms with Crippen LogP contribution in [0.4, 0.5) is 17.2 Å². The molecule has 0 bridgehead atoms. The van der Waals surface area contributed by atoms with Gasteiger partial charge in [0.25, 0.3) is 0 Å². The summed E-state index contributed by atoms with van der Waals surface area (Å²) in [4.78, 5) is 21.0. The summed E-state index contributed by atoms with van der Waals surface area (Å²) in [6, 6.07) is 13.6. The summed E-state index contributed by atoms with van der Waals surface area (Å²) < 4.78 is 5.29. The topological polar surface area (TPSA) is 76.1 Å². The number of ether oxygens (including phenoxy) is 1. The molecule has 0 spiro atoms. The van der Waals surface area contributed by atoms with Crippen molar-refractivity contribution in [2.45, 2.75) is 12.8 Å². The van der Waals surface area contributed by atoms with Gasteiger partial charge in [-0.2, -0.15) is 0 Å². The van der Waals surface area contributed by atoms with Crippen LogP contribution in [0, 0.1) is 5.92 Å². The highest BCUT2D eigenvalue weighted by Crippen LogP contribution is 2.25. The van der Waals surface area contributed by atoms with Gasteiger partial charge in [-0.05, 0) is 37.1 Å². The van der Waals surface area contributed by atoms with E-state index < -0.39 is 0 Å². The molecule has 0 radical (unpaired) electrons. The van der Waals surface area contributed by atoms with Gasteiger partial charge in [0.2, 0.25) is 5.91 Å². The van der Waals surface area contributed by atoms with Crippen molar-refractivity contribution >= 4 is 34.0 Å². The lowest BCUT2D eigenvalue weighted by molar-refractivity contribution is -0.122. The van der Waals surface area contributed by atoms with Crippen molar-refractivity contribution in [1.82, 2.24) is 9.97 Å². The third-order valence-corrected chi connectivity index (χ3v) is 4.52. The van der Waals surface area contributed by atoms with E-state index in [0.717, 1.165) is 35.1 Å². The van der Waals surface area contributed by atoms with E-state index >= 15 is 0 Å². The van der Waals surface area contributed by atoms with Crippen molar-refractivity contribution in [3.05, 3.63) is 54.9 Å². The summed E-state index contributed by atoms with van der Waals surface area (Å²) in [6.07, 6.45) is 5.02. The van der Waals surface area contributed by atoms with Crippen molar-refractivity contribution in [3.8, 4) is 0 Å². The fraction of sp³-hybridized carbons (Fsp3) is 0.250. The monoisotopic (exact) mass is 348 g/mol. The first-order valence-corrected chi connectivity index (χ1v) is 8.75. The highest BCUT2D eigenvalue weighted by molar-refractivity contribution is 5.93. The van der Waals surface area contributed by atoms with Crippen LogP contribution < -0.4 is 10.6 Å². The molecule has 1 aliphatic rings. The molecule has 4 rings (SSSR count). The van der Waals surface area contributed by atoms with Crippen molar-refractivity contribution in [2.75, 3.05) is 23.8 Å². The Labute approximate surface area is 151 Å². The molecule has 1 fully saturated rings. The maximum Gasteiger partial charge on any atom is 0.228 e. The van der Waals surface area contributed by atoms with Gasteiger partial charge in [0.05, 0.1) is 23.1 Å². The molecule has 26 heavy (non-hydrogen) atoms. The number of benzene rings is 1. The Morgan fingerprint density at radius 2 is 1.88 bits per heavy atom. The Morgan fingerprint density at radius 3 is 2.69 bits per heavy atom. The highest BCUT2D eigenvalue weighted by atomic mass is 16.5. The Hall–Kier alpha value is -2.99. The molecule has 0 saturated carbocycles. The molecular weight excluding hydrogens is 328 g/mol. The van der Waals surface area contributed by atoms with E-state index in [4.69, 9.17) is 4.74 Å². The van der Waals surface area contributed by atoms with Crippen LogP contribution in [-0.2, 0) is 9.53 Å². The van der Waals surface area contributed by atoms with Gasteiger partial charge in [-0.1, -0.05) is 18.2 Å². The minimum absolute atomic E-state index is 0.00473. The minimum Gasteiger partial charge on any atom is -0.381 e. The summed E-state index contributed by atoms with van der Waals surface area (Å²) in [5.74, 6) is 0.577. The number of carbonyl (C=O) groups excluding carboxylic acids is 1. The van der Waals surface area contributed by atoms with Crippen LogP contribution in [0.2, 0.25) is 0 Å². The Morgan fingerprint density at radius 1 is 1.04 bits per heavy atom. The number of amides is 1. The summed E-state index contributed by atoms with van der Waals surface area (Å²) in [5.41, 5.74) is 2.67. The lowest BCUT2D eigenvalue weighted by Gasteiger charge is -2.20. The molecule has 0 unspecified atom stereocenters. The number of anilines is 3. The van der Waals surface area contributed by atoms with Crippen LogP contribution >= 0.6 is 0 Å². The third-order valence-electron chi connectivity index (χ3n) is 4.52. The number of hydrogen-bond acceptors (Lipinski definition) is 5. The maximum atomic E-state index is 12.3. The number of nitrogens with zero attached hydrogens (tertiary/aromatic N) is 2. The number of para-hydroxylation sites is 1. The van der Waals surface area contributed by atoms with Crippen LogP contribution in [0.1, 0.15) is 12.8 Å². The molecule has 3 heterocycles. The molecule has 132 valence electrons. The number of hydrogen-bond donors (Lipinski definition) is 2. The SMILES string of the molecule is O=C(Nc1ccc(Nc2cccc3cccnc23)cn1)C1CCOCC1. The van der Waals surface area contributed by atoms with Gasteiger partial charge in [-0.15, -0.1) is 0 Å². The van der Waals surface area contributed by atoms with Crippen molar-refractivity contribution < 1.29 is 9.53 Å². The van der Waals surface area contributed by atoms with E-state index in [0.29, 0.717) is 19.0 Å². The molecule has 2 N–H and O–H groups in total. The summed E-state index contributed by atoms with van der Waals surface area (Å²) >= 11 is 0. The molecular formula is C20H20N4O2. The van der Waals surface area contributed by atoms with Crippen molar-refractivity contribution in [1.29, 1.82) is 0 Å². The minimum atomic E-state index is 0.00473. The number of pyridine rings is 2. The second-order valence-corrected chi connectivity index (χ2v) is 6.31. The van der Waals surface area contributed by atoms with E-state index in [1.807, 2.05) is 36.4 Å². The number of rotatable bonds is 4. The lowest BCUT2D eigenvalue weighted by Crippen LogP contribution is -2.28. The molecule has 1 aliphatic heterocycles. The average Bonchev–Trinajstić information content (AvgIpc) is 2.70. The highest BCUT2D eigenvalue weighted by Gasteiger charge is 2.21. The quantitative estimate of drug-likeness (QED) is 0.751. The van der Waals surface area contributed by atoms with Gasteiger partial charge in [-0.3, -0.25) is 9.78 Å². The second kappa shape index (κ2) is 7.49. The first kappa shape index (κ1) is 16.5. The molecule has 1 saturated heterocycles. The Kier molecular flexibility index (Phi) is 4.75. The maximum absolute atomic E-state index is 12.3. The van der Waals surface area contributed by atoms with Crippen LogP contribution in [0.15, 0.2) is 54.9 Å². The fourth-order valence-electron chi connectivity index (χ4n) is 3.09. The smallest absolute Gasteiger partial charge is 0.228 e. The van der Waals surface area contributed by atoms with Crippen LogP contribution in [-0.4, -0.2) is 29.1 Å². The Balaban J connectivity index is 1.45. The molecule has 3 aromatic rings. The normalized spacial score (nSPS) is 14.9. The van der Waals surface area contributed by atoms with E-state index in [-0.39, 0.29) is 11.8 Å². The predicted octanol–water partition coefficient (Wildman–Crippen LogP) is 3.74. The predicted molar refractivity (Wildman–Crippen MR) is 101 cm³/mol. The number of nitrogens with one attached hydrogen (secondary N) is 2. The van der Waals surface area contributed by atoms with Crippen LogP contribution in [0.25, 0.3) is 10.9 Å². The molecule has 1 amide bonds. The average molecular weight is 348 g/mol. The number of aromatic nitrogens is 2. The fourth-order valence-corrected chi connectivity index (χ4v) is 3.09. The van der Waals surface area contributed by atoms with Crippen LogP contribution in [0.5, 0.6) is 0 Å². The summed E-state index contributed by atoms with van der Waals surface area (Å²) in [5, 5.41) is 7.30. The molecule has 1 aromatic carbocycles. The largest absolute Gasteiger partial charge is 0.381 e. The molecule has 6 nitrogen and oxygen atoms in total. The van der Waals surface area contributed by atoms with Gasteiger partial charge >= 0.3 is 0 Å². The standard InChI is InChI=1S/C20H20N4O2/c25-20(15-8-11-26-12-9-15)24-18-7-6-16(13-22-18)23-17-5-1-3-14-4-2-10-21-19(14)17/h1-7,10,13,15,23H,8-9,11-12H2,(H,22,24,25). The molecule has 0 aliphatic carbocycles. The summed E-state index contributed by atoms with van der Waals surface area (Å²) in [7, 11) is 0. The van der Waals surface area contributed by atoms with Gasteiger partial charge in [0.15, 0.2) is 0 Å². The second-order valence-electron chi connectivity index (χ2n) is 6.31. The number of carbonyl (C=O) groups is 1. The van der Waals surface area contributed by atoms with Gasteiger partial charge < -0.3 is 15.4 Å². The van der Waals surface area contributed by atoms with Crippen molar-refractivity contribution in [3.63, 3.8) is 0 Å². The van der Waals surface area contributed by atoms with E-state index in [1.165, 1.54) is 0 Å². The lowest BCUT2D eigenvalue weighted by atomic mass is 9.99. The molecule has 6 heteroatoms. The number of fused-ring (bicyclic) bond motifs is 1. The first-order valence-electron chi connectivity index (χ1n) is 8.75. The van der Waals surface area contributed by atoms with Gasteiger partial charge in [0.1, 0.15) is 5.82 Å². The zero-order valence-electron chi connectivity index (χ0n) is 14.3. The first-order chi connectivity index (χ1) is 12.8. The third kappa shape index (κ3) is 3.65. The Bertz CT molecular complexity index is 900. The van der Waals surface area contributed by atoms with E-state index in [2.05, 4.69) is 20.6 Å². The van der Waals surface area contributed by atoms with Crippen LogP contribution in [0.3, 0.4) is 0 Å². The molecule has 2 aromatic heterocycles.